The van der Waals surface area contributed by atoms with E-state index in [2.05, 4.69) is 4.28 Å². The van der Waals surface area contributed by atoms with Crippen molar-refractivity contribution in [2.24, 2.45) is 5.90 Å². The van der Waals surface area contributed by atoms with Gasteiger partial charge in [0.1, 0.15) is 0 Å². The van der Waals surface area contributed by atoms with E-state index in [-0.39, 0.29) is 4.75 Å². The molecule has 0 radical (unpaired) electrons. The molecular weight excluding hydrogens is 110 g/mol. The van der Waals surface area contributed by atoms with Crippen LogP contribution in [0.5, 0.6) is 0 Å². The molecule has 0 spiro atoms. The Balaban J connectivity index is 3.15. The second kappa shape index (κ2) is 2.55. The minimum Gasteiger partial charge on any atom is -0.234 e. The van der Waals surface area contributed by atoms with Gasteiger partial charge in [-0.1, -0.05) is 0 Å². The molecule has 0 atom stereocenters. The van der Waals surface area contributed by atoms with Gasteiger partial charge in [0.15, 0.2) is 0 Å². The molecule has 0 fully saturated rings. The average molecular weight is 121 g/mol. The van der Waals surface area contributed by atoms with Crippen molar-refractivity contribution in [3.63, 3.8) is 0 Å². The fourth-order valence-corrected chi connectivity index (χ4v) is 0.433. The van der Waals surface area contributed by atoms with Crippen LogP contribution >= 0.6 is 12.0 Å². The highest BCUT2D eigenvalue weighted by atomic mass is 32.2. The third-order valence-electron chi connectivity index (χ3n) is 0.298. The first-order valence-corrected chi connectivity index (χ1v) is 2.85. The quantitative estimate of drug-likeness (QED) is 0.420. The maximum Gasteiger partial charge on any atom is 0.0358 e. The summed E-state index contributed by atoms with van der Waals surface area (Å²) in [6.45, 7) is 6.10. The summed E-state index contributed by atoms with van der Waals surface area (Å²) in [6, 6.07) is 0. The molecule has 0 saturated carbocycles. The molecule has 0 saturated heterocycles. The Hall–Kier alpha value is 0.270. The third kappa shape index (κ3) is 6.27. The Bertz CT molecular complexity index is 50.1. The summed E-state index contributed by atoms with van der Waals surface area (Å²) in [5, 5.41) is 0. The Morgan fingerprint density at radius 3 is 1.86 bits per heavy atom. The highest BCUT2D eigenvalue weighted by Gasteiger charge is 2.09. The van der Waals surface area contributed by atoms with Gasteiger partial charge < -0.3 is 0 Å². The normalized spacial score (nSPS) is 12.0. The fraction of sp³-hybridized carbons (Fsp3) is 1.00. The van der Waals surface area contributed by atoms with Crippen molar-refractivity contribution in [1.82, 2.24) is 0 Å². The van der Waals surface area contributed by atoms with E-state index in [4.69, 9.17) is 5.90 Å². The predicted octanol–water partition coefficient (Wildman–Crippen LogP) is 1.32. The first kappa shape index (κ1) is 7.27. The SMILES string of the molecule is CC(C)(C)SON. The standard InChI is InChI=1S/C4H11NOS/c1-4(2,3)7-6-5/h5H2,1-3H3. The van der Waals surface area contributed by atoms with Gasteiger partial charge in [-0.25, -0.2) is 10.2 Å². The molecule has 0 aromatic rings. The molecule has 3 heteroatoms. The zero-order valence-electron chi connectivity index (χ0n) is 4.89. The van der Waals surface area contributed by atoms with E-state index >= 15 is 0 Å². The van der Waals surface area contributed by atoms with Gasteiger partial charge in [-0.3, -0.25) is 0 Å². The van der Waals surface area contributed by atoms with Gasteiger partial charge in [-0.2, -0.15) is 0 Å². The Labute approximate surface area is 48.6 Å². The minimum atomic E-state index is 0.120. The van der Waals surface area contributed by atoms with E-state index in [1.807, 2.05) is 20.8 Å². The van der Waals surface area contributed by atoms with E-state index in [1.54, 1.807) is 0 Å². The van der Waals surface area contributed by atoms with E-state index < -0.39 is 0 Å². The minimum absolute atomic E-state index is 0.120. The molecule has 0 rings (SSSR count). The largest absolute Gasteiger partial charge is 0.234 e. The Kier molecular flexibility index (Phi) is 2.64. The van der Waals surface area contributed by atoms with Crippen molar-refractivity contribution in [2.45, 2.75) is 25.5 Å². The molecule has 44 valence electrons. The summed E-state index contributed by atoms with van der Waals surface area (Å²) in [5.74, 6) is 4.78. The monoisotopic (exact) mass is 121 g/mol. The van der Waals surface area contributed by atoms with Crippen molar-refractivity contribution < 1.29 is 4.28 Å². The number of hydrogen-bond acceptors (Lipinski definition) is 3. The maximum atomic E-state index is 4.78. The molecule has 0 unspecified atom stereocenters. The van der Waals surface area contributed by atoms with Gasteiger partial charge in [0.25, 0.3) is 0 Å². The van der Waals surface area contributed by atoms with E-state index in [0.29, 0.717) is 0 Å². The van der Waals surface area contributed by atoms with Crippen molar-refractivity contribution in [1.29, 1.82) is 0 Å². The van der Waals surface area contributed by atoms with Crippen LogP contribution in [0.1, 0.15) is 20.8 Å². The van der Waals surface area contributed by atoms with Crippen LogP contribution in [0.4, 0.5) is 0 Å². The van der Waals surface area contributed by atoms with Crippen LogP contribution in [0.3, 0.4) is 0 Å². The first-order valence-electron chi connectivity index (χ1n) is 2.11. The number of rotatable bonds is 1. The van der Waals surface area contributed by atoms with Crippen molar-refractivity contribution in [3.05, 3.63) is 0 Å². The van der Waals surface area contributed by atoms with Gasteiger partial charge in [0.2, 0.25) is 0 Å². The van der Waals surface area contributed by atoms with Crippen LogP contribution in [0.25, 0.3) is 0 Å². The average Bonchev–Trinajstić information content (AvgIpc) is 1.30. The van der Waals surface area contributed by atoms with E-state index in [1.165, 1.54) is 12.0 Å². The third-order valence-corrected chi connectivity index (χ3v) is 0.894. The fourth-order valence-electron chi connectivity index (χ4n) is 0.144. The summed E-state index contributed by atoms with van der Waals surface area (Å²) in [6.07, 6.45) is 0. The molecule has 0 aliphatic rings. The zero-order valence-corrected chi connectivity index (χ0v) is 5.71. The highest BCUT2D eigenvalue weighted by molar-refractivity contribution is 7.95. The van der Waals surface area contributed by atoms with Crippen LogP contribution in [0, 0.1) is 0 Å². The molecule has 0 bridgehead atoms. The van der Waals surface area contributed by atoms with Crippen LogP contribution in [-0.4, -0.2) is 4.75 Å². The number of hydrogen-bond donors (Lipinski definition) is 1. The second-order valence-electron chi connectivity index (χ2n) is 2.29. The smallest absolute Gasteiger partial charge is 0.0358 e. The lowest BCUT2D eigenvalue weighted by atomic mass is 10.3. The highest BCUT2D eigenvalue weighted by Crippen LogP contribution is 2.21. The predicted molar refractivity (Wildman–Crippen MR) is 32.6 cm³/mol. The van der Waals surface area contributed by atoms with Gasteiger partial charge in [-0.05, 0) is 20.8 Å². The summed E-state index contributed by atoms with van der Waals surface area (Å²) in [7, 11) is 0. The lowest BCUT2D eigenvalue weighted by Crippen LogP contribution is -2.09. The molecule has 2 N–H and O–H groups in total. The molecule has 0 aliphatic carbocycles. The second-order valence-corrected chi connectivity index (χ2v) is 3.88. The molecule has 0 aliphatic heterocycles. The summed E-state index contributed by atoms with van der Waals surface area (Å²) < 4.78 is 4.44. The Morgan fingerprint density at radius 1 is 1.43 bits per heavy atom. The van der Waals surface area contributed by atoms with Crippen LogP contribution in [0.2, 0.25) is 0 Å². The molecule has 2 nitrogen and oxygen atoms in total. The van der Waals surface area contributed by atoms with Crippen LogP contribution in [-0.2, 0) is 4.28 Å². The zero-order chi connectivity index (χ0) is 5.91. The van der Waals surface area contributed by atoms with Gasteiger partial charge in [0.05, 0.1) is 0 Å². The van der Waals surface area contributed by atoms with Crippen molar-refractivity contribution >= 4 is 12.0 Å². The van der Waals surface area contributed by atoms with Crippen LogP contribution < -0.4 is 5.90 Å². The summed E-state index contributed by atoms with van der Waals surface area (Å²) in [5.41, 5.74) is 0. The number of nitrogens with two attached hydrogens (primary N) is 1. The summed E-state index contributed by atoms with van der Waals surface area (Å²) in [4.78, 5) is 0. The summed E-state index contributed by atoms with van der Waals surface area (Å²) >= 11 is 1.27. The molecule has 0 amide bonds. The molecule has 0 heterocycles. The molecule has 7 heavy (non-hydrogen) atoms. The van der Waals surface area contributed by atoms with Crippen LogP contribution in [0.15, 0.2) is 0 Å². The lowest BCUT2D eigenvalue weighted by Gasteiger charge is -2.12. The van der Waals surface area contributed by atoms with Gasteiger partial charge in [-0.15, -0.1) is 0 Å². The van der Waals surface area contributed by atoms with Crippen molar-refractivity contribution in [2.75, 3.05) is 0 Å². The van der Waals surface area contributed by atoms with E-state index in [9.17, 15) is 0 Å². The van der Waals surface area contributed by atoms with Crippen molar-refractivity contribution in [3.8, 4) is 0 Å². The molecule has 0 aromatic heterocycles. The topological polar surface area (TPSA) is 35.2 Å². The Morgan fingerprint density at radius 2 is 1.86 bits per heavy atom. The molecular formula is C4H11NOS. The van der Waals surface area contributed by atoms with Gasteiger partial charge in [0, 0.05) is 16.8 Å². The molecule has 0 aromatic carbocycles. The van der Waals surface area contributed by atoms with E-state index in [0.717, 1.165) is 0 Å². The lowest BCUT2D eigenvalue weighted by molar-refractivity contribution is 0.388. The maximum absolute atomic E-state index is 4.78. The first-order chi connectivity index (χ1) is 3.06. The van der Waals surface area contributed by atoms with Gasteiger partial charge >= 0.3 is 0 Å².